The average Bonchev–Trinajstić information content (AvgIpc) is 2.66. The van der Waals surface area contributed by atoms with Gasteiger partial charge < -0.3 is 10.1 Å². The van der Waals surface area contributed by atoms with Gasteiger partial charge in [0.15, 0.2) is 5.11 Å². The van der Waals surface area contributed by atoms with Crippen LogP contribution in [0.3, 0.4) is 0 Å². The summed E-state index contributed by atoms with van der Waals surface area (Å²) in [4.78, 5) is 22.9. The van der Waals surface area contributed by atoms with Crippen LogP contribution in [0.15, 0.2) is 59.5 Å². The lowest BCUT2D eigenvalue weighted by molar-refractivity contribution is -0.117. The van der Waals surface area contributed by atoms with Gasteiger partial charge in [-0.3, -0.25) is 14.9 Å². The van der Waals surface area contributed by atoms with Gasteiger partial charge in [0, 0.05) is 24.3 Å². The van der Waals surface area contributed by atoms with Crippen molar-refractivity contribution < 1.29 is 22.7 Å². The molecule has 2 amide bonds. The Kier molecular flexibility index (Phi) is 7.46. The Hall–Kier alpha value is -3.24. The summed E-state index contributed by atoms with van der Waals surface area (Å²) in [5, 5.41) is 5.30. The first-order chi connectivity index (χ1) is 13.7. The SMILES string of the molecule is COc1ccccc1/C=C/C(=O)NC(=S)Nc1ccc(S(=O)(=O)NC(C)=O)cc1. The lowest BCUT2D eigenvalue weighted by Crippen LogP contribution is -2.32. The molecule has 8 nitrogen and oxygen atoms in total. The molecule has 3 N–H and O–H groups in total. The zero-order valence-corrected chi connectivity index (χ0v) is 17.3. The number of rotatable bonds is 6. The monoisotopic (exact) mass is 433 g/mol. The first-order valence-corrected chi connectivity index (χ1v) is 10.2. The van der Waals surface area contributed by atoms with Gasteiger partial charge in [-0.1, -0.05) is 18.2 Å². The van der Waals surface area contributed by atoms with Gasteiger partial charge >= 0.3 is 0 Å². The first-order valence-electron chi connectivity index (χ1n) is 8.28. The van der Waals surface area contributed by atoms with Crippen molar-refractivity contribution in [3.63, 3.8) is 0 Å². The van der Waals surface area contributed by atoms with Crippen LogP contribution in [0.2, 0.25) is 0 Å². The molecule has 0 aromatic heterocycles. The van der Waals surface area contributed by atoms with E-state index in [1.807, 2.05) is 16.9 Å². The summed E-state index contributed by atoms with van der Waals surface area (Å²) in [6, 6.07) is 12.7. The molecule has 2 aromatic carbocycles. The number of carbonyl (C=O) groups is 2. The van der Waals surface area contributed by atoms with Crippen LogP contribution in [-0.4, -0.2) is 32.5 Å². The molecule has 0 spiro atoms. The number of amides is 2. The van der Waals surface area contributed by atoms with Crippen LogP contribution in [0.1, 0.15) is 12.5 Å². The Labute approximate surface area is 174 Å². The number of ether oxygens (including phenoxy) is 1. The number of anilines is 1. The molecule has 152 valence electrons. The topological polar surface area (TPSA) is 114 Å². The molecular formula is C19H19N3O5S2. The summed E-state index contributed by atoms with van der Waals surface area (Å²) >= 11 is 5.08. The average molecular weight is 434 g/mol. The summed E-state index contributed by atoms with van der Waals surface area (Å²) < 4.78 is 30.9. The molecule has 29 heavy (non-hydrogen) atoms. The molecule has 0 unspecified atom stereocenters. The molecule has 10 heteroatoms. The molecule has 0 heterocycles. The number of methoxy groups -OCH3 is 1. The number of carbonyl (C=O) groups excluding carboxylic acids is 2. The molecule has 0 radical (unpaired) electrons. The third-order valence-electron chi connectivity index (χ3n) is 3.49. The highest BCUT2D eigenvalue weighted by atomic mass is 32.2. The van der Waals surface area contributed by atoms with Gasteiger partial charge in [0.25, 0.3) is 10.0 Å². The minimum atomic E-state index is -3.91. The van der Waals surface area contributed by atoms with Gasteiger partial charge in [-0.05, 0) is 48.6 Å². The van der Waals surface area contributed by atoms with E-state index < -0.39 is 21.8 Å². The zero-order chi connectivity index (χ0) is 21.4. The number of nitrogens with one attached hydrogen (secondary N) is 3. The van der Waals surface area contributed by atoms with E-state index in [4.69, 9.17) is 17.0 Å². The van der Waals surface area contributed by atoms with Gasteiger partial charge in [-0.15, -0.1) is 0 Å². The van der Waals surface area contributed by atoms with Crippen molar-refractivity contribution in [1.29, 1.82) is 0 Å². The summed E-state index contributed by atoms with van der Waals surface area (Å²) in [6.45, 7) is 1.11. The van der Waals surface area contributed by atoms with E-state index in [-0.39, 0.29) is 10.0 Å². The van der Waals surface area contributed by atoms with Crippen LogP contribution in [-0.2, 0) is 19.6 Å². The number of sulfonamides is 1. The van der Waals surface area contributed by atoms with Gasteiger partial charge in [0.05, 0.1) is 12.0 Å². The van der Waals surface area contributed by atoms with Gasteiger partial charge in [-0.25, -0.2) is 13.1 Å². The van der Waals surface area contributed by atoms with Crippen LogP contribution < -0.4 is 20.1 Å². The van der Waals surface area contributed by atoms with Crippen molar-refractivity contribution in [3.8, 4) is 5.75 Å². The maximum absolute atomic E-state index is 12.0. The molecule has 0 aliphatic heterocycles. The lowest BCUT2D eigenvalue weighted by atomic mass is 10.2. The summed E-state index contributed by atoms with van der Waals surface area (Å²) in [7, 11) is -2.37. The van der Waals surface area contributed by atoms with Crippen molar-refractivity contribution in [2.45, 2.75) is 11.8 Å². The highest BCUT2D eigenvalue weighted by Gasteiger charge is 2.15. The number of para-hydroxylation sites is 1. The minimum Gasteiger partial charge on any atom is -0.496 e. The first kappa shape index (κ1) is 22.1. The third kappa shape index (κ3) is 6.70. The fraction of sp³-hybridized carbons (Fsp3) is 0.105. The number of hydrogen-bond acceptors (Lipinski definition) is 6. The highest BCUT2D eigenvalue weighted by Crippen LogP contribution is 2.18. The molecule has 0 aliphatic carbocycles. The molecule has 0 saturated heterocycles. The van der Waals surface area contributed by atoms with Crippen LogP contribution >= 0.6 is 12.2 Å². The van der Waals surface area contributed by atoms with Crippen molar-refractivity contribution in [2.24, 2.45) is 0 Å². The molecule has 0 atom stereocenters. The van der Waals surface area contributed by atoms with E-state index in [9.17, 15) is 18.0 Å². The van der Waals surface area contributed by atoms with Crippen molar-refractivity contribution >= 4 is 50.9 Å². The van der Waals surface area contributed by atoms with E-state index in [0.717, 1.165) is 12.5 Å². The Morgan fingerprint density at radius 1 is 1.07 bits per heavy atom. The second-order valence-electron chi connectivity index (χ2n) is 5.70. The van der Waals surface area contributed by atoms with Gasteiger partial charge in [-0.2, -0.15) is 0 Å². The van der Waals surface area contributed by atoms with Crippen LogP contribution in [0.25, 0.3) is 6.08 Å². The molecule has 0 fully saturated rings. The quantitative estimate of drug-likeness (QED) is 0.472. The highest BCUT2D eigenvalue weighted by molar-refractivity contribution is 7.90. The Balaban J connectivity index is 1.96. The summed E-state index contributed by atoms with van der Waals surface area (Å²) in [5.74, 6) is -0.498. The van der Waals surface area contributed by atoms with E-state index in [1.54, 1.807) is 25.3 Å². The molecule has 0 saturated carbocycles. The second-order valence-corrected chi connectivity index (χ2v) is 7.80. The normalized spacial score (nSPS) is 11.0. The van der Waals surface area contributed by atoms with Crippen molar-refractivity contribution in [3.05, 3.63) is 60.2 Å². The van der Waals surface area contributed by atoms with E-state index >= 15 is 0 Å². The molecule has 2 rings (SSSR count). The predicted molar refractivity (Wildman–Crippen MR) is 114 cm³/mol. The Bertz CT molecular complexity index is 1050. The fourth-order valence-corrected chi connectivity index (χ4v) is 3.46. The summed E-state index contributed by atoms with van der Waals surface area (Å²) in [6.07, 6.45) is 2.91. The smallest absolute Gasteiger partial charge is 0.264 e. The van der Waals surface area contributed by atoms with E-state index in [1.165, 1.54) is 30.3 Å². The number of thiocarbonyl (C=S) groups is 1. The standard InChI is InChI=1S/C19H19N3O5S2/c1-13(23)22-29(25,26)16-10-8-15(9-11-16)20-19(28)21-18(24)12-7-14-5-3-4-6-17(14)27-2/h3-12H,1-2H3,(H,22,23)(H2,20,21,24,28)/b12-7+. The Morgan fingerprint density at radius 3 is 2.34 bits per heavy atom. The maximum atomic E-state index is 12.0. The van der Waals surface area contributed by atoms with Gasteiger partial charge in [0.1, 0.15) is 5.75 Å². The van der Waals surface area contributed by atoms with Crippen molar-refractivity contribution in [2.75, 3.05) is 12.4 Å². The zero-order valence-electron chi connectivity index (χ0n) is 15.6. The maximum Gasteiger partial charge on any atom is 0.264 e. The molecule has 0 bridgehead atoms. The number of benzene rings is 2. The lowest BCUT2D eigenvalue weighted by Gasteiger charge is -2.09. The molecule has 0 aliphatic rings. The molecular weight excluding hydrogens is 414 g/mol. The van der Waals surface area contributed by atoms with E-state index in [2.05, 4.69) is 10.6 Å². The van der Waals surface area contributed by atoms with Crippen molar-refractivity contribution in [1.82, 2.24) is 10.0 Å². The van der Waals surface area contributed by atoms with Gasteiger partial charge in [0.2, 0.25) is 11.8 Å². The second kappa shape index (κ2) is 9.80. The largest absolute Gasteiger partial charge is 0.496 e. The minimum absolute atomic E-state index is 0.0390. The number of hydrogen-bond donors (Lipinski definition) is 3. The summed E-state index contributed by atoms with van der Waals surface area (Å²) in [5.41, 5.74) is 1.20. The van der Waals surface area contributed by atoms with Crippen LogP contribution in [0, 0.1) is 0 Å². The van der Waals surface area contributed by atoms with Crippen LogP contribution in [0.4, 0.5) is 5.69 Å². The van der Waals surface area contributed by atoms with Crippen LogP contribution in [0.5, 0.6) is 5.75 Å². The fourth-order valence-electron chi connectivity index (χ4n) is 2.25. The third-order valence-corrected chi connectivity index (χ3v) is 5.14. The predicted octanol–water partition coefficient (Wildman–Crippen LogP) is 2.05. The Morgan fingerprint density at radius 2 is 1.72 bits per heavy atom. The molecule has 2 aromatic rings. The van der Waals surface area contributed by atoms with E-state index in [0.29, 0.717) is 11.4 Å².